The number of pyridine rings is 1. The first-order chi connectivity index (χ1) is 8.10. The van der Waals surface area contributed by atoms with Crippen molar-refractivity contribution in [3.05, 3.63) is 23.5 Å². The molecule has 4 nitrogen and oxygen atoms in total. The molecular formula is C11H13ClN2O2S. The lowest BCUT2D eigenvalue weighted by Gasteiger charge is -2.30. The van der Waals surface area contributed by atoms with Gasteiger partial charge in [-0.1, -0.05) is 11.6 Å². The van der Waals surface area contributed by atoms with Gasteiger partial charge in [-0.15, -0.1) is 0 Å². The number of halogens is 1. The van der Waals surface area contributed by atoms with Gasteiger partial charge in [0.1, 0.15) is 10.8 Å². The molecule has 1 aromatic rings. The van der Waals surface area contributed by atoms with Crippen molar-refractivity contribution in [3.8, 4) is 0 Å². The fourth-order valence-corrected chi connectivity index (χ4v) is 2.91. The van der Waals surface area contributed by atoms with Crippen LogP contribution in [0.3, 0.4) is 0 Å². The third kappa shape index (κ3) is 3.12. The SMILES string of the molecule is O=C(Nc1ccc(Cl)nc1)C1(O)CCSCC1. The van der Waals surface area contributed by atoms with E-state index in [1.165, 1.54) is 6.20 Å². The van der Waals surface area contributed by atoms with Gasteiger partial charge >= 0.3 is 0 Å². The van der Waals surface area contributed by atoms with Gasteiger partial charge in [0.05, 0.1) is 11.9 Å². The van der Waals surface area contributed by atoms with Crippen LogP contribution >= 0.6 is 23.4 Å². The topological polar surface area (TPSA) is 62.2 Å². The molecule has 1 aliphatic heterocycles. The smallest absolute Gasteiger partial charge is 0.256 e. The van der Waals surface area contributed by atoms with Gasteiger partial charge in [0.2, 0.25) is 0 Å². The Bertz CT molecular complexity index is 404. The lowest BCUT2D eigenvalue weighted by Crippen LogP contribution is -2.45. The number of amides is 1. The fourth-order valence-electron chi connectivity index (χ4n) is 1.63. The van der Waals surface area contributed by atoms with E-state index in [1.54, 1.807) is 23.9 Å². The first-order valence-corrected chi connectivity index (χ1v) is 6.86. The van der Waals surface area contributed by atoms with Crippen molar-refractivity contribution in [2.75, 3.05) is 16.8 Å². The molecule has 1 saturated heterocycles. The Hall–Kier alpha value is -0.780. The standard InChI is InChI=1S/C11H13ClN2O2S/c12-9-2-1-8(7-13-9)14-10(15)11(16)3-5-17-6-4-11/h1-2,7,16H,3-6H2,(H,14,15). The zero-order chi connectivity index (χ0) is 12.3. The van der Waals surface area contributed by atoms with Crippen molar-refractivity contribution in [1.29, 1.82) is 0 Å². The highest BCUT2D eigenvalue weighted by atomic mass is 35.5. The van der Waals surface area contributed by atoms with E-state index < -0.39 is 5.60 Å². The van der Waals surface area contributed by atoms with Gasteiger partial charge in [0.25, 0.3) is 5.91 Å². The predicted molar refractivity (Wildman–Crippen MR) is 69.4 cm³/mol. The summed E-state index contributed by atoms with van der Waals surface area (Å²) in [7, 11) is 0. The van der Waals surface area contributed by atoms with E-state index in [-0.39, 0.29) is 5.91 Å². The minimum atomic E-state index is -1.25. The molecule has 0 radical (unpaired) electrons. The second kappa shape index (κ2) is 5.25. The molecule has 6 heteroatoms. The lowest BCUT2D eigenvalue weighted by molar-refractivity contribution is -0.134. The number of anilines is 1. The second-order valence-corrected chi connectivity index (χ2v) is 5.58. The molecule has 0 aromatic carbocycles. The zero-order valence-corrected chi connectivity index (χ0v) is 10.7. The van der Waals surface area contributed by atoms with Crippen molar-refractivity contribution in [2.24, 2.45) is 0 Å². The quantitative estimate of drug-likeness (QED) is 0.808. The predicted octanol–water partition coefficient (Wildman–Crippen LogP) is 1.93. The molecule has 1 aromatic heterocycles. The number of hydrogen-bond donors (Lipinski definition) is 2. The number of thioether (sulfide) groups is 1. The van der Waals surface area contributed by atoms with Crippen LogP contribution in [0.1, 0.15) is 12.8 Å². The Morgan fingerprint density at radius 3 is 2.76 bits per heavy atom. The molecule has 92 valence electrons. The summed E-state index contributed by atoms with van der Waals surface area (Å²) in [5.41, 5.74) is -0.698. The van der Waals surface area contributed by atoms with E-state index in [4.69, 9.17) is 11.6 Å². The van der Waals surface area contributed by atoms with E-state index in [1.807, 2.05) is 0 Å². The van der Waals surface area contributed by atoms with Gasteiger partial charge in [-0.3, -0.25) is 4.79 Å². The highest BCUT2D eigenvalue weighted by molar-refractivity contribution is 7.99. The van der Waals surface area contributed by atoms with E-state index in [0.29, 0.717) is 23.7 Å². The first kappa shape index (κ1) is 12.7. The van der Waals surface area contributed by atoms with Gasteiger partial charge < -0.3 is 10.4 Å². The largest absolute Gasteiger partial charge is 0.380 e. The number of carbonyl (C=O) groups is 1. The molecule has 0 atom stereocenters. The molecule has 2 heterocycles. The number of aliphatic hydroxyl groups is 1. The maximum Gasteiger partial charge on any atom is 0.256 e. The van der Waals surface area contributed by atoms with Gasteiger partial charge in [-0.05, 0) is 36.5 Å². The normalized spacial score (nSPS) is 18.7. The monoisotopic (exact) mass is 272 g/mol. The van der Waals surface area contributed by atoms with Crippen LogP contribution in [0, 0.1) is 0 Å². The van der Waals surface area contributed by atoms with Gasteiger partial charge in [0, 0.05) is 0 Å². The van der Waals surface area contributed by atoms with Crippen LogP contribution in [-0.2, 0) is 4.79 Å². The maximum atomic E-state index is 11.9. The Labute approximate surface area is 109 Å². The highest BCUT2D eigenvalue weighted by Crippen LogP contribution is 2.28. The van der Waals surface area contributed by atoms with Gasteiger partial charge in [0.15, 0.2) is 0 Å². The Balaban J connectivity index is 2.03. The van der Waals surface area contributed by atoms with Crippen molar-refractivity contribution < 1.29 is 9.90 Å². The van der Waals surface area contributed by atoms with Gasteiger partial charge in [-0.2, -0.15) is 11.8 Å². The molecule has 17 heavy (non-hydrogen) atoms. The molecule has 0 spiro atoms. The Morgan fingerprint density at radius 2 is 2.18 bits per heavy atom. The van der Waals surface area contributed by atoms with Crippen LogP contribution < -0.4 is 5.32 Å². The molecule has 0 unspecified atom stereocenters. The Morgan fingerprint density at radius 1 is 1.47 bits per heavy atom. The minimum absolute atomic E-state index is 0.359. The molecule has 1 fully saturated rings. The molecular weight excluding hydrogens is 260 g/mol. The number of nitrogens with one attached hydrogen (secondary N) is 1. The van der Waals surface area contributed by atoms with Crippen LogP contribution in [0.15, 0.2) is 18.3 Å². The molecule has 2 N–H and O–H groups in total. The summed E-state index contributed by atoms with van der Waals surface area (Å²) in [5.74, 6) is 1.26. The van der Waals surface area contributed by atoms with Crippen LogP contribution in [0.2, 0.25) is 5.15 Å². The number of nitrogens with zero attached hydrogens (tertiary/aromatic N) is 1. The van der Waals surface area contributed by atoms with Crippen LogP contribution in [0.4, 0.5) is 5.69 Å². The van der Waals surface area contributed by atoms with Crippen LogP contribution in [0.25, 0.3) is 0 Å². The summed E-state index contributed by atoms with van der Waals surface area (Å²) >= 11 is 7.40. The number of rotatable bonds is 2. The Kier molecular flexibility index (Phi) is 3.91. The van der Waals surface area contributed by atoms with Crippen molar-refractivity contribution in [3.63, 3.8) is 0 Å². The fraction of sp³-hybridized carbons (Fsp3) is 0.455. The summed E-state index contributed by atoms with van der Waals surface area (Å²) in [6.45, 7) is 0. The van der Waals surface area contributed by atoms with Crippen molar-refractivity contribution in [1.82, 2.24) is 4.98 Å². The number of hydrogen-bond acceptors (Lipinski definition) is 4. The molecule has 1 aliphatic rings. The van der Waals surface area contributed by atoms with Crippen LogP contribution in [-0.4, -0.2) is 33.1 Å². The molecule has 0 saturated carbocycles. The second-order valence-electron chi connectivity index (χ2n) is 3.97. The molecule has 2 rings (SSSR count). The first-order valence-electron chi connectivity index (χ1n) is 5.33. The zero-order valence-electron chi connectivity index (χ0n) is 9.15. The highest BCUT2D eigenvalue weighted by Gasteiger charge is 2.37. The summed E-state index contributed by atoms with van der Waals surface area (Å²) in [6, 6.07) is 3.26. The van der Waals surface area contributed by atoms with Gasteiger partial charge in [-0.25, -0.2) is 4.98 Å². The lowest BCUT2D eigenvalue weighted by atomic mass is 9.96. The third-order valence-corrected chi connectivity index (χ3v) is 3.94. The summed E-state index contributed by atoms with van der Waals surface area (Å²) < 4.78 is 0. The van der Waals surface area contributed by atoms with Crippen molar-refractivity contribution in [2.45, 2.75) is 18.4 Å². The molecule has 0 aliphatic carbocycles. The number of carbonyl (C=O) groups excluding carboxylic acids is 1. The van der Waals surface area contributed by atoms with E-state index in [9.17, 15) is 9.90 Å². The average molecular weight is 273 g/mol. The average Bonchev–Trinajstić information content (AvgIpc) is 2.33. The third-order valence-electron chi connectivity index (χ3n) is 2.73. The molecule has 1 amide bonds. The summed E-state index contributed by atoms with van der Waals surface area (Å²) in [6.07, 6.45) is 2.45. The van der Waals surface area contributed by atoms with E-state index in [0.717, 1.165) is 11.5 Å². The van der Waals surface area contributed by atoms with E-state index >= 15 is 0 Å². The minimum Gasteiger partial charge on any atom is -0.380 e. The molecule has 0 bridgehead atoms. The summed E-state index contributed by atoms with van der Waals surface area (Å²) in [5, 5.41) is 13.2. The van der Waals surface area contributed by atoms with Crippen LogP contribution in [0.5, 0.6) is 0 Å². The number of aromatic nitrogens is 1. The van der Waals surface area contributed by atoms with Crippen molar-refractivity contribution >= 4 is 35.0 Å². The summed E-state index contributed by atoms with van der Waals surface area (Å²) in [4.78, 5) is 15.8. The van der Waals surface area contributed by atoms with E-state index in [2.05, 4.69) is 10.3 Å². The maximum absolute atomic E-state index is 11.9.